The van der Waals surface area contributed by atoms with Crippen molar-refractivity contribution >= 4 is 29.0 Å². The highest BCUT2D eigenvalue weighted by Gasteiger charge is 2.34. The van der Waals surface area contributed by atoms with Crippen LogP contribution < -0.4 is 20.9 Å². The molecule has 0 aromatic heterocycles. The zero-order valence-electron chi connectivity index (χ0n) is 25.5. The molecule has 1 heteroatoms. The Morgan fingerprint density at radius 2 is 1.36 bits per heavy atom. The molecule has 0 spiro atoms. The quantitative estimate of drug-likeness (QED) is 0.310. The van der Waals surface area contributed by atoms with Crippen molar-refractivity contribution in [3.05, 3.63) is 164 Å². The van der Waals surface area contributed by atoms with E-state index in [1.807, 2.05) is 6.21 Å². The number of rotatable bonds is 5. The Morgan fingerprint density at radius 1 is 0.659 bits per heavy atom. The predicted molar refractivity (Wildman–Crippen MR) is 186 cm³/mol. The molecule has 0 fully saturated rings. The molecule has 3 aromatic carbocycles. The molecule has 8 rings (SSSR count). The van der Waals surface area contributed by atoms with Crippen molar-refractivity contribution < 1.29 is 0 Å². The van der Waals surface area contributed by atoms with Crippen LogP contribution >= 0.6 is 0 Å². The molecular formula is C43H39N. The molecule has 44 heavy (non-hydrogen) atoms. The Hall–Kier alpha value is -4.49. The van der Waals surface area contributed by atoms with Crippen molar-refractivity contribution in [2.75, 3.05) is 0 Å². The number of hydrogen-bond acceptors (Lipinski definition) is 1. The number of hydrogen-bond donors (Lipinski definition) is 0. The summed E-state index contributed by atoms with van der Waals surface area (Å²) in [6.07, 6.45) is 27.5. The second kappa shape index (κ2) is 11.5. The fourth-order valence-electron chi connectivity index (χ4n) is 8.23. The van der Waals surface area contributed by atoms with Crippen molar-refractivity contribution in [2.45, 2.75) is 51.5 Å². The average Bonchev–Trinajstić information content (AvgIpc) is 3.10. The van der Waals surface area contributed by atoms with Gasteiger partial charge in [0.2, 0.25) is 0 Å². The molecule has 4 aliphatic carbocycles. The van der Waals surface area contributed by atoms with Gasteiger partial charge in [-0.25, -0.2) is 0 Å². The van der Waals surface area contributed by atoms with Gasteiger partial charge in [0, 0.05) is 18.1 Å². The first-order valence-corrected chi connectivity index (χ1v) is 16.5. The molecule has 5 aliphatic rings. The smallest absolute Gasteiger partial charge is 0.0789 e. The maximum Gasteiger partial charge on any atom is 0.0789 e. The van der Waals surface area contributed by atoms with Gasteiger partial charge < -0.3 is 0 Å². The van der Waals surface area contributed by atoms with Gasteiger partial charge in [0.1, 0.15) is 0 Å². The minimum Gasteiger partial charge on any atom is -0.285 e. The van der Waals surface area contributed by atoms with Crippen LogP contribution in [-0.4, -0.2) is 6.21 Å². The predicted octanol–water partition coefficient (Wildman–Crippen LogP) is 7.14. The van der Waals surface area contributed by atoms with Crippen LogP contribution in [0, 0.1) is 11.8 Å². The normalized spacial score (nSPS) is 23.6. The van der Waals surface area contributed by atoms with Gasteiger partial charge in [-0.05, 0) is 110 Å². The molecule has 0 amide bonds. The van der Waals surface area contributed by atoms with E-state index in [1.165, 1.54) is 54.3 Å². The van der Waals surface area contributed by atoms with E-state index in [9.17, 15) is 0 Å². The van der Waals surface area contributed by atoms with Gasteiger partial charge in [-0.3, -0.25) is 4.99 Å². The SMILES string of the molecule is CCc1cccc2c1=CCCC=2C1=c2ccccc2=C(C2=CC=C(C3=CC=NC(c4ccccc4)C3)CC2)C2C=CC=CC12. The topological polar surface area (TPSA) is 12.4 Å². The van der Waals surface area contributed by atoms with E-state index in [0.717, 1.165) is 38.5 Å². The second-order valence-corrected chi connectivity index (χ2v) is 12.7. The first-order chi connectivity index (χ1) is 21.8. The molecule has 3 atom stereocenters. The van der Waals surface area contributed by atoms with E-state index in [-0.39, 0.29) is 6.04 Å². The summed E-state index contributed by atoms with van der Waals surface area (Å²) in [5, 5.41) is 5.77. The lowest BCUT2D eigenvalue weighted by molar-refractivity contribution is 0.678. The third-order valence-corrected chi connectivity index (χ3v) is 10.3. The van der Waals surface area contributed by atoms with Crippen LogP contribution in [0.25, 0.3) is 22.8 Å². The van der Waals surface area contributed by atoms with Gasteiger partial charge in [-0.2, -0.15) is 0 Å². The third kappa shape index (κ3) is 4.67. The molecule has 1 aliphatic heterocycles. The van der Waals surface area contributed by atoms with Crippen LogP contribution in [0.5, 0.6) is 0 Å². The van der Waals surface area contributed by atoms with E-state index < -0.39 is 0 Å². The molecule has 0 saturated carbocycles. The zero-order chi connectivity index (χ0) is 29.5. The first-order valence-electron chi connectivity index (χ1n) is 16.5. The van der Waals surface area contributed by atoms with Gasteiger partial charge >= 0.3 is 0 Å². The molecule has 1 nitrogen and oxygen atoms in total. The summed E-state index contributed by atoms with van der Waals surface area (Å²) in [6.45, 7) is 2.28. The van der Waals surface area contributed by atoms with E-state index in [2.05, 4.69) is 128 Å². The van der Waals surface area contributed by atoms with Crippen molar-refractivity contribution in [3.63, 3.8) is 0 Å². The number of benzene rings is 3. The zero-order valence-corrected chi connectivity index (χ0v) is 25.5. The highest BCUT2D eigenvalue weighted by atomic mass is 14.8. The molecule has 3 aromatic rings. The highest BCUT2D eigenvalue weighted by molar-refractivity contribution is 5.94. The lowest BCUT2D eigenvalue weighted by Crippen LogP contribution is -2.43. The van der Waals surface area contributed by atoms with Crippen molar-refractivity contribution in [3.8, 4) is 0 Å². The maximum absolute atomic E-state index is 4.80. The summed E-state index contributed by atoms with van der Waals surface area (Å²) in [6, 6.07) is 27.1. The van der Waals surface area contributed by atoms with E-state index >= 15 is 0 Å². The molecule has 0 saturated heterocycles. The minimum absolute atomic E-state index is 0.212. The van der Waals surface area contributed by atoms with Gasteiger partial charge in [0.05, 0.1) is 6.04 Å². The monoisotopic (exact) mass is 569 g/mol. The van der Waals surface area contributed by atoms with Gasteiger partial charge in [-0.1, -0.05) is 122 Å². The Bertz CT molecular complexity index is 2080. The minimum atomic E-state index is 0.212. The Kier molecular flexibility index (Phi) is 7.11. The van der Waals surface area contributed by atoms with E-state index in [4.69, 9.17) is 4.99 Å². The number of nitrogens with zero attached hydrogens (tertiary/aromatic N) is 1. The van der Waals surface area contributed by atoms with Crippen LogP contribution in [0.2, 0.25) is 0 Å². The summed E-state index contributed by atoms with van der Waals surface area (Å²) in [7, 11) is 0. The average molecular weight is 570 g/mol. The van der Waals surface area contributed by atoms with Crippen molar-refractivity contribution in [2.24, 2.45) is 16.8 Å². The Balaban J connectivity index is 1.26. The summed E-state index contributed by atoms with van der Waals surface area (Å²) in [5.74, 6) is 0.706. The Labute approximate surface area is 260 Å². The number of allylic oxidation sites excluding steroid dienone is 9. The van der Waals surface area contributed by atoms with E-state index in [0.29, 0.717) is 11.8 Å². The fourth-order valence-corrected chi connectivity index (χ4v) is 8.23. The first kappa shape index (κ1) is 27.1. The van der Waals surface area contributed by atoms with Crippen LogP contribution in [0.4, 0.5) is 0 Å². The molecule has 3 unspecified atom stereocenters. The summed E-state index contributed by atoms with van der Waals surface area (Å²) >= 11 is 0. The van der Waals surface area contributed by atoms with Crippen LogP contribution in [-0.2, 0) is 6.42 Å². The second-order valence-electron chi connectivity index (χ2n) is 12.7. The van der Waals surface area contributed by atoms with Gasteiger partial charge in [0.25, 0.3) is 0 Å². The number of aliphatic imine (C=N–C) groups is 1. The lowest BCUT2D eigenvalue weighted by atomic mass is 9.67. The number of fused-ring (bicyclic) bond motifs is 3. The molecule has 0 N–H and O–H groups in total. The van der Waals surface area contributed by atoms with Gasteiger partial charge in [-0.15, -0.1) is 0 Å². The molecule has 216 valence electrons. The number of dihydropyridines is 1. The summed E-state index contributed by atoms with van der Waals surface area (Å²) in [4.78, 5) is 4.80. The van der Waals surface area contributed by atoms with Crippen LogP contribution in [0.15, 0.2) is 137 Å². The lowest BCUT2D eigenvalue weighted by Gasteiger charge is -2.36. The highest BCUT2D eigenvalue weighted by Crippen LogP contribution is 2.44. The largest absolute Gasteiger partial charge is 0.285 e. The van der Waals surface area contributed by atoms with Crippen LogP contribution in [0.1, 0.15) is 56.2 Å². The van der Waals surface area contributed by atoms with Crippen molar-refractivity contribution in [1.82, 2.24) is 0 Å². The third-order valence-electron chi connectivity index (χ3n) is 10.3. The maximum atomic E-state index is 4.80. The number of aryl methyl sites for hydroxylation is 1. The molecule has 0 bridgehead atoms. The molecule has 1 heterocycles. The van der Waals surface area contributed by atoms with Crippen molar-refractivity contribution in [1.29, 1.82) is 0 Å². The Morgan fingerprint density at radius 3 is 2.14 bits per heavy atom. The van der Waals surface area contributed by atoms with E-state index in [1.54, 1.807) is 11.1 Å². The molecule has 0 radical (unpaired) electrons. The summed E-state index contributed by atoms with van der Waals surface area (Å²) in [5.41, 5.74) is 11.8. The molecular weight excluding hydrogens is 530 g/mol. The van der Waals surface area contributed by atoms with Gasteiger partial charge in [0.15, 0.2) is 0 Å². The van der Waals surface area contributed by atoms with Crippen LogP contribution in [0.3, 0.4) is 0 Å². The fraction of sp³-hybridized carbons (Fsp3) is 0.233. The standard InChI is InChI=1S/C43H39N/c1-2-29-14-10-20-35-34(29)19-11-21-36(35)43-39-17-8-6-15-37(39)42(38-16-7-9-18-40(38)43)32-24-22-30(23-25-32)33-26-27-44-41(28-33)31-12-4-3-5-13-31/h3-10,12-20,22,24,26-27,37,39,41H,2,11,21,23,25,28H2,1H3. The summed E-state index contributed by atoms with van der Waals surface area (Å²) < 4.78 is 0.